The summed E-state index contributed by atoms with van der Waals surface area (Å²) in [7, 11) is 0. The van der Waals surface area contributed by atoms with Crippen molar-refractivity contribution in [2.75, 3.05) is 13.2 Å². The molecule has 2 aromatic rings. The second kappa shape index (κ2) is 8.90. The Morgan fingerprint density at radius 3 is 2.33 bits per heavy atom. The van der Waals surface area contributed by atoms with Crippen LogP contribution in [0.5, 0.6) is 5.75 Å². The molecule has 2 atom stereocenters. The largest absolute Gasteiger partial charge is 0.484 e. The van der Waals surface area contributed by atoms with Gasteiger partial charge in [-0.2, -0.15) is 0 Å². The van der Waals surface area contributed by atoms with Gasteiger partial charge in [0.1, 0.15) is 5.75 Å². The summed E-state index contributed by atoms with van der Waals surface area (Å²) in [5, 5.41) is 0. The number of likely N-dealkylation sites (tertiary alicyclic amines) is 1. The quantitative estimate of drug-likeness (QED) is 0.770. The molecule has 2 aromatic carbocycles. The molecule has 0 radical (unpaired) electrons. The minimum absolute atomic E-state index is 0.0295. The van der Waals surface area contributed by atoms with Gasteiger partial charge < -0.3 is 14.5 Å². The topological polar surface area (TPSA) is 49.9 Å². The molecule has 5 heteroatoms. The molecule has 0 saturated carbocycles. The third-order valence-electron chi connectivity index (χ3n) is 6.36. The van der Waals surface area contributed by atoms with Gasteiger partial charge in [-0.1, -0.05) is 24.3 Å². The Morgan fingerprint density at radius 1 is 0.967 bits per heavy atom. The summed E-state index contributed by atoms with van der Waals surface area (Å²) < 4.78 is 5.73. The average Bonchev–Trinajstić information content (AvgIpc) is 2.77. The zero-order valence-electron chi connectivity index (χ0n) is 17.8. The molecule has 1 fully saturated rings. The highest BCUT2D eigenvalue weighted by Gasteiger charge is 2.29. The van der Waals surface area contributed by atoms with Crippen molar-refractivity contribution in [1.82, 2.24) is 9.80 Å². The highest BCUT2D eigenvalue weighted by Crippen LogP contribution is 2.24. The van der Waals surface area contributed by atoms with Crippen molar-refractivity contribution < 1.29 is 14.3 Å². The van der Waals surface area contributed by atoms with Crippen molar-refractivity contribution in [2.24, 2.45) is 0 Å². The Morgan fingerprint density at radius 2 is 1.63 bits per heavy atom. The monoisotopic (exact) mass is 406 g/mol. The van der Waals surface area contributed by atoms with Gasteiger partial charge in [-0.15, -0.1) is 0 Å². The number of fused-ring (bicyclic) bond motifs is 1. The highest BCUT2D eigenvalue weighted by atomic mass is 16.5. The predicted octanol–water partition coefficient (Wildman–Crippen LogP) is 4.05. The molecule has 5 nitrogen and oxygen atoms in total. The lowest BCUT2D eigenvalue weighted by atomic mass is 9.97. The third-order valence-corrected chi connectivity index (χ3v) is 6.36. The number of ether oxygens (including phenoxy) is 1. The second-order valence-electron chi connectivity index (χ2n) is 8.49. The first-order chi connectivity index (χ1) is 14.5. The van der Waals surface area contributed by atoms with Crippen molar-refractivity contribution in [3.63, 3.8) is 0 Å². The summed E-state index contributed by atoms with van der Waals surface area (Å²) >= 11 is 0. The van der Waals surface area contributed by atoms with E-state index in [-0.39, 0.29) is 30.5 Å². The van der Waals surface area contributed by atoms with Gasteiger partial charge in [0, 0.05) is 30.7 Å². The van der Waals surface area contributed by atoms with Gasteiger partial charge in [0.25, 0.3) is 11.8 Å². The van der Waals surface area contributed by atoms with Crippen LogP contribution in [0.1, 0.15) is 54.6 Å². The Balaban J connectivity index is 1.34. The van der Waals surface area contributed by atoms with Gasteiger partial charge in [0.2, 0.25) is 0 Å². The molecule has 2 aliphatic heterocycles. The summed E-state index contributed by atoms with van der Waals surface area (Å²) in [5.41, 5.74) is 3.19. The van der Waals surface area contributed by atoms with E-state index in [2.05, 4.69) is 26.0 Å². The number of carbonyl (C=O) groups is 2. The standard InChI is InChI=1S/C25H30N2O3/c1-18-6-5-7-19(2)27(18)24(28)17-30-23-12-10-21(11-13-23)25(29)26-15-14-20-8-3-4-9-22(20)16-26/h3-4,8-13,18-19H,5-7,14-17H2,1-2H3. The number of carbonyl (C=O) groups excluding carboxylic acids is 2. The molecule has 2 heterocycles. The van der Waals surface area contributed by atoms with E-state index in [9.17, 15) is 9.59 Å². The summed E-state index contributed by atoms with van der Waals surface area (Å²) in [6, 6.07) is 16.0. The van der Waals surface area contributed by atoms with E-state index in [0.29, 0.717) is 17.9 Å². The van der Waals surface area contributed by atoms with Crippen LogP contribution < -0.4 is 4.74 Å². The fraction of sp³-hybridized carbons (Fsp3) is 0.440. The molecule has 158 valence electrons. The molecule has 0 aliphatic carbocycles. The fourth-order valence-electron chi connectivity index (χ4n) is 4.68. The van der Waals surface area contributed by atoms with Crippen molar-refractivity contribution in [3.05, 3.63) is 65.2 Å². The molecule has 2 aliphatic rings. The van der Waals surface area contributed by atoms with Crippen molar-refractivity contribution in [3.8, 4) is 5.75 Å². The highest BCUT2D eigenvalue weighted by molar-refractivity contribution is 5.94. The van der Waals surface area contributed by atoms with Gasteiger partial charge >= 0.3 is 0 Å². The van der Waals surface area contributed by atoms with Crippen LogP contribution >= 0.6 is 0 Å². The summed E-state index contributed by atoms with van der Waals surface area (Å²) in [4.78, 5) is 29.3. The number of nitrogens with zero attached hydrogens (tertiary/aromatic N) is 2. The van der Waals surface area contributed by atoms with Crippen LogP contribution in [-0.2, 0) is 17.8 Å². The molecule has 4 rings (SSSR count). The average molecular weight is 407 g/mol. The van der Waals surface area contributed by atoms with Gasteiger partial charge in [-0.25, -0.2) is 0 Å². The number of hydrogen-bond acceptors (Lipinski definition) is 3. The van der Waals surface area contributed by atoms with E-state index in [0.717, 1.165) is 25.8 Å². The van der Waals surface area contributed by atoms with E-state index in [4.69, 9.17) is 4.74 Å². The smallest absolute Gasteiger partial charge is 0.260 e. The molecule has 0 bridgehead atoms. The van der Waals surface area contributed by atoms with Crippen molar-refractivity contribution in [2.45, 2.75) is 58.2 Å². The number of benzene rings is 2. The Kier molecular flexibility index (Phi) is 6.07. The predicted molar refractivity (Wildman–Crippen MR) is 116 cm³/mol. The van der Waals surface area contributed by atoms with Gasteiger partial charge in [0.05, 0.1) is 0 Å². The fourth-order valence-corrected chi connectivity index (χ4v) is 4.68. The van der Waals surface area contributed by atoms with E-state index >= 15 is 0 Å². The SMILES string of the molecule is CC1CCCC(C)N1C(=O)COc1ccc(C(=O)N2CCc3ccccc3C2)cc1. The second-order valence-corrected chi connectivity index (χ2v) is 8.49. The van der Waals surface area contributed by atoms with Gasteiger partial charge in [0.15, 0.2) is 6.61 Å². The summed E-state index contributed by atoms with van der Waals surface area (Å²) in [6.45, 7) is 5.62. The summed E-state index contributed by atoms with van der Waals surface area (Å²) in [5.74, 6) is 0.672. The zero-order valence-corrected chi connectivity index (χ0v) is 17.8. The van der Waals surface area contributed by atoms with Crippen LogP contribution in [0.15, 0.2) is 48.5 Å². The van der Waals surface area contributed by atoms with Gasteiger partial charge in [-0.3, -0.25) is 9.59 Å². The maximum atomic E-state index is 12.9. The minimum atomic E-state index is 0.0295. The van der Waals surface area contributed by atoms with E-state index < -0.39 is 0 Å². The number of piperidine rings is 1. The molecule has 0 aromatic heterocycles. The minimum Gasteiger partial charge on any atom is -0.484 e. The normalized spacial score (nSPS) is 21.1. The van der Waals surface area contributed by atoms with Crippen LogP contribution in [0.2, 0.25) is 0 Å². The Bertz CT molecular complexity index is 899. The molecule has 1 saturated heterocycles. The maximum Gasteiger partial charge on any atom is 0.260 e. The zero-order chi connectivity index (χ0) is 21.1. The number of rotatable bonds is 4. The van der Waals surface area contributed by atoms with Gasteiger partial charge in [-0.05, 0) is 74.9 Å². The molecule has 2 unspecified atom stereocenters. The third kappa shape index (κ3) is 4.35. The molecule has 2 amide bonds. The number of amides is 2. The first kappa shape index (κ1) is 20.5. The van der Waals surface area contributed by atoms with Crippen LogP contribution in [0, 0.1) is 0 Å². The van der Waals surface area contributed by atoms with Crippen LogP contribution in [0.3, 0.4) is 0 Å². The maximum absolute atomic E-state index is 12.9. The van der Waals surface area contributed by atoms with E-state index in [1.54, 1.807) is 24.3 Å². The van der Waals surface area contributed by atoms with Crippen molar-refractivity contribution in [1.29, 1.82) is 0 Å². The lowest BCUT2D eigenvalue weighted by Crippen LogP contribution is -2.49. The molecular formula is C25H30N2O3. The van der Waals surface area contributed by atoms with Crippen LogP contribution in [0.25, 0.3) is 0 Å². The first-order valence-corrected chi connectivity index (χ1v) is 10.9. The summed E-state index contributed by atoms with van der Waals surface area (Å²) in [6.07, 6.45) is 4.16. The van der Waals surface area contributed by atoms with Crippen LogP contribution in [-0.4, -0.2) is 46.8 Å². The molecule has 30 heavy (non-hydrogen) atoms. The van der Waals surface area contributed by atoms with E-state index in [1.165, 1.54) is 17.5 Å². The first-order valence-electron chi connectivity index (χ1n) is 10.9. The lowest BCUT2D eigenvalue weighted by Gasteiger charge is -2.38. The molecule has 0 N–H and O–H groups in total. The Hall–Kier alpha value is -2.82. The molecular weight excluding hydrogens is 376 g/mol. The Labute approximate surface area is 178 Å². The number of hydrogen-bond donors (Lipinski definition) is 0. The molecule has 0 spiro atoms. The van der Waals surface area contributed by atoms with Crippen LogP contribution in [0.4, 0.5) is 0 Å². The van der Waals surface area contributed by atoms with Crippen molar-refractivity contribution >= 4 is 11.8 Å². The van der Waals surface area contributed by atoms with E-state index in [1.807, 2.05) is 21.9 Å². The lowest BCUT2D eigenvalue weighted by molar-refractivity contribution is -0.139.